The largest absolute Gasteiger partial charge is 0.481 e. The van der Waals surface area contributed by atoms with Crippen LogP contribution in [0.15, 0.2) is 18.2 Å². The van der Waals surface area contributed by atoms with E-state index in [1.807, 2.05) is 13.8 Å². The summed E-state index contributed by atoms with van der Waals surface area (Å²) >= 11 is 0. The quantitative estimate of drug-likeness (QED) is 0.584. The molecule has 1 rings (SSSR count). The molecule has 0 aliphatic rings. The summed E-state index contributed by atoms with van der Waals surface area (Å²) in [5, 5.41) is 22.5. The number of benzene rings is 1. The van der Waals surface area contributed by atoms with Crippen molar-refractivity contribution in [3.63, 3.8) is 0 Å². The molecule has 0 heterocycles. The second-order valence-electron chi connectivity index (χ2n) is 4.61. The van der Waals surface area contributed by atoms with Gasteiger partial charge in [-0.25, -0.2) is 0 Å². The van der Waals surface area contributed by atoms with E-state index in [1.165, 1.54) is 6.07 Å². The minimum atomic E-state index is -0.825. The van der Waals surface area contributed by atoms with Crippen LogP contribution in [0.3, 0.4) is 0 Å². The number of nitrogens with one attached hydrogen (secondary N) is 1. The number of aliphatic carboxylic acids is 1. The number of anilines is 1. The third kappa shape index (κ3) is 4.95. The molecule has 1 aromatic carbocycles. The topological polar surface area (TPSA) is 92.5 Å². The summed E-state index contributed by atoms with van der Waals surface area (Å²) in [7, 11) is 0. The molecular weight excluding hydrogens is 248 g/mol. The van der Waals surface area contributed by atoms with Crippen LogP contribution in [-0.2, 0) is 4.79 Å². The highest BCUT2D eigenvalue weighted by Gasteiger charge is 2.15. The Morgan fingerprint density at radius 1 is 1.53 bits per heavy atom. The molecule has 6 nitrogen and oxygen atoms in total. The third-order valence-corrected chi connectivity index (χ3v) is 2.78. The SMILES string of the molecule is Cc1ccc([N+](=O)[O-])c(NC(C)CCCC(=O)O)c1. The predicted octanol–water partition coefficient (Wildman–Crippen LogP) is 2.96. The number of hydrogen-bond donors (Lipinski definition) is 2. The molecule has 0 radical (unpaired) electrons. The van der Waals surface area contributed by atoms with E-state index in [1.54, 1.807) is 12.1 Å². The van der Waals surface area contributed by atoms with Gasteiger partial charge in [0, 0.05) is 18.5 Å². The minimum absolute atomic E-state index is 0.0140. The standard InChI is InChI=1S/C13H18N2O4/c1-9-6-7-12(15(18)19)11(8-9)14-10(2)4-3-5-13(16)17/h6-8,10,14H,3-5H2,1-2H3,(H,16,17). The molecule has 0 spiro atoms. The van der Waals surface area contributed by atoms with Gasteiger partial charge in [0.25, 0.3) is 5.69 Å². The summed E-state index contributed by atoms with van der Waals surface area (Å²) in [5.41, 5.74) is 1.45. The highest BCUT2D eigenvalue weighted by molar-refractivity contribution is 5.66. The van der Waals surface area contributed by atoms with E-state index in [9.17, 15) is 14.9 Å². The monoisotopic (exact) mass is 266 g/mol. The summed E-state index contributed by atoms with van der Waals surface area (Å²) in [6, 6.07) is 4.88. The average Bonchev–Trinajstić information content (AvgIpc) is 2.27. The van der Waals surface area contributed by atoms with E-state index in [-0.39, 0.29) is 18.2 Å². The molecule has 0 saturated carbocycles. The Morgan fingerprint density at radius 2 is 2.21 bits per heavy atom. The fourth-order valence-electron chi connectivity index (χ4n) is 1.82. The first-order chi connectivity index (χ1) is 8.90. The van der Waals surface area contributed by atoms with Crippen LogP contribution in [0.5, 0.6) is 0 Å². The van der Waals surface area contributed by atoms with Gasteiger partial charge in [0.1, 0.15) is 5.69 Å². The Balaban J connectivity index is 2.67. The molecule has 1 aromatic rings. The van der Waals surface area contributed by atoms with Crippen LogP contribution in [0.25, 0.3) is 0 Å². The summed E-state index contributed by atoms with van der Waals surface area (Å²) in [4.78, 5) is 20.9. The highest BCUT2D eigenvalue weighted by Crippen LogP contribution is 2.26. The van der Waals surface area contributed by atoms with Crippen molar-refractivity contribution in [2.45, 2.75) is 39.2 Å². The lowest BCUT2D eigenvalue weighted by atomic mass is 10.1. The van der Waals surface area contributed by atoms with Gasteiger partial charge in [0.05, 0.1) is 4.92 Å². The van der Waals surface area contributed by atoms with Crippen molar-refractivity contribution in [2.24, 2.45) is 0 Å². The summed E-state index contributed by atoms with van der Waals surface area (Å²) in [5.74, 6) is -0.825. The fraction of sp³-hybridized carbons (Fsp3) is 0.462. The zero-order chi connectivity index (χ0) is 14.4. The van der Waals surface area contributed by atoms with E-state index in [0.29, 0.717) is 18.5 Å². The molecular formula is C13H18N2O4. The Kier molecular flexibility index (Phi) is 5.29. The van der Waals surface area contributed by atoms with E-state index in [4.69, 9.17) is 5.11 Å². The number of aryl methyl sites for hydroxylation is 1. The van der Waals surface area contributed by atoms with E-state index in [0.717, 1.165) is 5.56 Å². The van der Waals surface area contributed by atoms with Crippen molar-refractivity contribution in [1.29, 1.82) is 0 Å². The van der Waals surface area contributed by atoms with Crippen LogP contribution in [-0.4, -0.2) is 22.0 Å². The minimum Gasteiger partial charge on any atom is -0.481 e. The van der Waals surface area contributed by atoms with Crippen molar-refractivity contribution in [1.82, 2.24) is 0 Å². The molecule has 0 aromatic heterocycles. The number of nitrogens with zero attached hydrogens (tertiary/aromatic N) is 1. The van der Waals surface area contributed by atoms with Gasteiger partial charge in [-0.1, -0.05) is 6.07 Å². The van der Waals surface area contributed by atoms with Gasteiger partial charge in [-0.2, -0.15) is 0 Å². The van der Waals surface area contributed by atoms with Gasteiger partial charge in [0.2, 0.25) is 0 Å². The molecule has 2 N–H and O–H groups in total. The highest BCUT2D eigenvalue weighted by atomic mass is 16.6. The van der Waals surface area contributed by atoms with Gasteiger partial charge >= 0.3 is 5.97 Å². The molecule has 0 saturated heterocycles. The number of hydrogen-bond acceptors (Lipinski definition) is 4. The predicted molar refractivity (Wildman–Crippen MR) is 72.4 cm³/mol. The van der Waals surface area contributed by atoms with Crippen molar-refractivity contribution in [3.8, 4) is 0 Å². The van der Waals surface area contributed by atoms with Crippen LogP contribution >= 0.6 is 0 Å². The number of carboxylic acids is 1. The Hall–Kier alpha value is -2.11. The maximum Gasteiger partial charge on any atom is 0.303 e. The molecule has 104 valence electrons. The van der Waals surface area contributed by atoms with Crippen molar-refractivity contribution >= 4 is 17.3 Å². The van der Waals surface area contributed by atoms with Crippen LogP contribution < -0.4 is 5.32 Å². The van der Waals surface area contributed by atoms with Crippen molar-refractivity contribution < 1.29 is 14.8 Å². The number of rotatable bonds is 7. The second kappa shape index (κ2) is 6.72. The number of nitro groups is 1. The Labute approximate surface area is 111 Å². The van der Waals surface area contributed by atoms with E-state index < -0.39 is 10.9 Å². The number of carbonyl (C=O) groups is 1. The van der Waals surface area contributed by atoms with Crippen LogP contribution in [0.1, 0.15) is 31.7 Å². The average molecular weight is 266 g/mol. The number of carboxylic acid groups (broad SMARTS) is 1. The first kappa shape index (κ1) is 14.9. The first-order valence-corrected chi connectivity index (χ1v) is 6.13. The summed E-state index contributed by atoms with van der Waals surface area (Å²) in [6.07, 6.45) is 1.31. The summed E-state index contributed by atoms with van der Waals surface area (Å²) < 4.78 is 0. The van der Waals surface area contributed by atoms with Gasteiger partial charge in [-0.3, -0.25) is 14.9 Å². The zero-order valence-electron chi connectivity index (χ0n) is 11.0. The molecule has 19 heavy (non-hydrogen) atoms. The molecule has 0 amide bonds. The lowest BCUT2D eigenvalue weighted by molar-refractivity contribution is -0.384. The maximum atomic E-state index is 10.9. The molecule has 1 unspecified atom stereocenters. The Morgan fingerprint density at radius 3 is 2.79 bits per heavy atom. The molecule has 6 heteroatoms. The van der Waals surface area contributed by atoms with Gasteiger partial charge in [0.15, 0.2) is 0 Å². The first-order valence-electron chi connectivity index (χ1n) is 6.13. The lowest BCUT2D eigenvalue weighted by Crippen LogP contribution is -2.16. The molecule has 1 atom stereocenters. The van der Waals surface area contributed by atoms with Crippen molar-refractivity contribution in [3.05, 3.63) is 33.9 Å². The molecule has 0 fully saturated rings. The van der Waals surface area contributed by atoms with E-state index >= 15 is 0 Å². The lowest BCUT2D eigenvalue weighted by Gasteiger charge is -2.15. The van der Waals surface area contributed by atoms with Crippen LogP contribution in [0, 0.1) is 17.0 Å². The fourth-order valence-corrected chi connectivity index (χ4v) is 1.82. The second-order valence-corrected chi connectivity index (χ2v) is 4.61. The molecule has 0 aliphatic carbocycles. The van der Waals surface area contributed by atoms with Crippen molar-refractivity contribution in [2.75, 3.05) is 5.32 Å². The van der Waals surface area contributed by atoms with Crippen LogP contribution in [0.4, 0.5) is 11.4 Å². The van der Waals surface area contributed by atoms with Gasteiger partial charge in [-0.05, 0) is 38.3 Å². The van der Waals surface area contributed by atoms with Gasteiger partial charge in [-0.15, -0.1) is 0 Å². The third-order valence-electron chi connectivity index (χ3n) is 2.78. The smallest absolute Gasteiger partial charge is 0.303 e. The normalized spacial score (nSPS) is 11.9. The summed E-state index contributed by atoms with van der Waals surface area (Å²) in [6.45, 7) is 3.75. The van der Waals surface area contributed by atoms with Crippen LogP contribution in [0.2, 0.25) is 0 Å². The number of nitro benzene ring substituents is 1. The Bertz CT molecular complexity index is 474. The maximum absolute atomic E-state index is 10.9. The zero-order valence-corrected chi connectivity index (χ0v) is 11.0. The molecule has 0 aliphatic heterocycles. The molecule has 0 bridgehead atoms. The van der Waals surface area contributed by atoms with E-state index in [2.05, 4.69) is 5.32 Å². The van der Waals surface area contributed by atoms with Gasteiger partial charge < -0.3 is 10.4 Å².